The van der Waals surface area contributed by atoms with E-state index in [2.05, 4.69) is 38.3 Å². The van der Waals surface area contributed by atoms with Gasteiger partial charge in [0.15, 0.2) is 0 Å². The molecule has 0 bridgehead atoms. The Kier molecular flexibility index (Phi) is 20.5. The minimum atomic E-state index is -0.380. The second kappa shape index (κ2) is 23.3. The molecule has 0 atom stereocenters. The Hall–Kier alpha value is -3.18. The average molecular weight is 607 g/mol. The van der Waals surface area contributed by atoms with Crippen LogP contribution in [0.4, 0.5) is 0 Å². The molecule has 0 unspecified atom stereocenters. The van der Waals surface area contributed by atoms with Gasteiger partial charge in [0.2, 0.25) is 23.6 Å². The van der Waals surface area contributed by atoms with Crippen LogP contribution in [0.15, 0.2) is 18.2 Å². The van der Waals surface area contributed by atoms with E-state index in [1.807, 2.05) is 0 Å². The molecule has 1 rings (SSSR count). The van der Waals surface area contributed by atoms with Gasteiger partial charge in [-0.1, -0.05) is 59.4 Å². The highest BCUT2D eigenvalue weighted by Gasteiger charge is 2.15. The number of ether oxygens (including phenoxy) is 2. The molecular formula is C32H54N4O7. The highest BCUT2D eigenvalue weighted by molar-refractivity contribution is 5.80. The van der Waals surface area contributed by atoms with Gasteiger partial charge < -0.3 is 35.0 Å². The number of hydrogen-bond donors (Lipinski definition) is 3. The molecular weight excluding hydrogens is 552 g/mol. The normalized spacial score (nSPS) is 10.8. The van der Waals surface area contributed by atoms with E-state index in [0.29, 0.717) is 37.3 Å². The minimum absolute atomic E-state index is 0.00167. The third kappa shape index (κ3) is 17.5. The maximum atomic E-state index is 12.5. The average Bonchev–Trinajstić information content (AvgIpc) is 2.98. The summed E-state index contributed by atoms with van der Waals surface area (Å²) >= 11 is 0. The molecule has 0 saturated heterocycles. The summed E-state index contributed by atoms with van der Waals surface area (Å²) in [4.78, 5) is 53.1. The first-order valence-corrected chi connectivity index (χ1v) is 15.8. The highest BCUT2D eigenvalue weighted by Crippen LogP contribution is 2.16. The van der Waals surface area contributed by atoms with Crippen LogP contribution in [0.3, 0.4) is 0 Å². The molecule has 11 heteroatoms. The molecule has 11 nitrogen and oxygen atoms in total. The summed E-state index contributed by atoms with van der Waals surface area (Å²) in [6, 6.07) is 4.80. The number of benzene rings is 1. The molecule has 0 saturated carbocycles. The van der Waals surface area contributed by atoms with E-state index < -0.39 is 0 Å². The second-order valence-electron chi connectivity index (χ2n) is 10.7. The van der Waals surface area contributed by atoms with Crippen molar-refractivity contribution in [2.24, 2.45) is 0 Å². The number of carbonyl (C=O) groups is 4. The predicted molar refractivity (Wildman–Crippen MR) is 166 cm³/mol. The number of phenols is 1. The zero-order valence-electron chi connectivity index (χ0n) is 26.8. The molecule has 0 spiro atoms. The van der Waals surface area contributed by atoms with Crippen LogP contribution >= 0.6 is 0 Å². The van der Waals surface area contributed by atoms with E-state index in [9.17, 15) is 24.3 Å². The standard InChI is InChI=1S/C32H54N4O7/c1-5-9-13-35(14-10-6-2)31(40)24-42-22-29(38)33-20-26-17-27(19-28(37)18-26)21-34-30(39)23-43-25-32(41)36(15-11-7-3)16-12-8-4/h17-19,37H,5-16,20-25H2,1-4H3,(H,33,38)(H,34,39). The van der Waals surface area contributed by atoms with E-state index in [1.54, 1.807) is 15.9 Å². The Labute approximate surface area is 257 Å². The molecule has 0 aliphatic carbocycles. The number of nitrogens with one attached hydrogen (secondary N) is 2. The molecule has 0 aliphatic heterocycles. The van der Waals surface area contributed by atoms with E-state index in [-0.39, 0.29) is 68.9 Å². The topological polar surface area (TPSA) is 138 Å². The van der Waals surface area contributed by atoms with Gasteiger partial charge in [-0.25, -0.2) is 0 Å². The first-order chi connectivity index (χ1) is 20.7. The first-order valence-electron chi connectivity index (χ1n) is 15.8. The van der Waals surface area contributed by atoms with Crippen molar-refractivity contribution in [2.75, 3.05) is 52.6 Å². The van der Waals surface area contributed by atoms with Crippen molar-refractivity contribution in [3.8, 4) is 5.75 Å². The zero-order chi connectivity index (χ0) is 31.9. The van der Waals surface area contributed by atoms with Gasteiger partial charge in [0.25, 0.3) is 0 Å². The largest absolute Gasteiger partial charge is 0.508 e. The maximum Gasteiger partial charge on any atom is 0.248 e. The van der Waals surface area contributed by atoms with Gasteiger partial charge in [-0.3, -0.25) is 19.2 Å². The Balaban J connectivity index is 2.44. The third-order valence-electron chi connectivity index (χ3n) is 6.77. The fraction of sp³-hybridized carbons (Fsp3) is 0.688. The van der Waals surface area contributed by atoms with E-state index >= 15 is 0 Å². The summed E-state index contributed by atoms with van der Waals surface area (Å²) in [6.07, 6.45) is 7.70. The molecule has 4 amide bonds. The van der Waals surface area contributed by atoms with E-state index in [1.165, 1.54) is 12.1 Å². The van der Waals surface area contributed by atoms with Crippen molar-refractivity contribution in [2.45, 2.75) is 92.2 Å². The predicted octanol–water partition coefficient (Wildman–Crippen LogP) is 3.52. The SMILES string of the molecule is CCCCN(CCCC)C(=O)COCC(=O)NCc1cc(O)cc(CNC(=O)COCC(=O)N(CCCC)CCCC)c1. The fourth-order valence-corrected chi connectivity index (χ4v) is 4.21. The van der Waals surface area contributed by atoms with Gasteiger partial charge in [-0.2, -0.15) is 0 Å². The van der Waals surface area contributed by atoms with Crippen molar-refractivity contribution in [3.63, 3.8) is 0 Å². The maximum absolute atomic E-state index is 12.5. The van der Waals surface area contributed by atoms with Crippen LogP contribution in [-0.4, -0.2) is 91.1 Å². The smallest absolute Gasteiger partial charge is 0.248 e. The Bertz CT molecular complexity index is 885. The monoisotopic (exact) mass is 606 g/mol. The van der Waals surface area contributed by atoms with Gasteiger partial charge in [0.1, 0.15) is 32.2 Å². The minimum Gasteiger partial charge on any atom is -0.508 e. The first kappa shape index (κ1) is 37.8. The summed E-state index contributed by atoms with van der Waals surface area (Å²) in [6.45, 7) is 10.6. The zero-order valence-corrected chi connectivity index (χ0v) is 26.8. The molecule has 1 aromatic carbocycles. The van der Waals surface area contributed by atoms with Crippen LogP contribution in [0.1, 0.15) is 90.2 Å². The molecule has 1 aromatic rings. The summed E-state index contributed by atoms with van der Waals surface area (Å²) in [5.41, 5.74) is 1.28. The van der Waals surface area contributed by atoms with Gasteiger partial charge in [0, 0.05) is 39.3 Å². The number of unbranched alkanes of at least 4 members (excludes halogenated alkanes) is 4. The molecule has 43 heavy (non-hydrogen) atoms. The van der Waals surface area contributed by atoms with E-state index in [0.717, 1.165) is 51.4 Å². The molecule has 0 radical (unpaired) electrons. The van der Waals surface area contributed by atoms with Crippen LogP contribution < -0.4 is 10.6 Å². The van der Waals surface area contributed by atoms with E-state index in [4.69, 9.17) is 9.47 Å². The van der Waals surface area contributed by atoms with Crippen molar-refractivity contribution in [3.05, 3.63) is 29.3 Å². The van der Waals surface area contributed by atoms with Crippen molar-refractivity contribution in [1.29, 1.82) is 0 Å². The second-order valence-corrected chi connectivity index (χ2v) is 10.7. The summed E-state index contributed by atoms with van der Waals surface area (Å²) in [7, 11) is 0. The van der Waals surface area contributed by atoms with Crippen molar-refractivity contribution in [1.82, 2.24) is 20.4 Å². The summed E-state index contributed by atoms with van der Waals surface area (Å²) in [5.74, 6) is -0.999. The number of rotatable bonds is 24. The quantitative estimate of drug-likeness (QED) is 0.164. The fourth-order valence-electron chi connectivity index (χ4n) is 4.21. The van der Waals surface area contributed by atoms with Gasteiger partial charge in [-0.05, 0) is 48.9 Å². The number of carbonyl (C=O) groups excluding carboxylic acids is 4. The van der Waals surface area contributed by atoms with Gasteiger partial charge >= 0.3 is 0 Å². The van der Waals surface area contributed by atoms with Gasteiger partial charge in [-0.15, -0.1) is 0 Å². The highest BCUT2D eigenvalue weighted by atomic mass is 16.5. The van der Waals surface area contributed by atoms with Gasteiger partial charge in [0.05, 0.1) is 0 Å². The van der Waals surface area contributed by atoms with Crippen LogP contribution in [0.2, 0.25) is 0 Å². The molecule has 3 N–H and O–H groups in total. The number of hydrogen-bond acceptors (Lipinski definition) is 7. The molecule has 244 valence electrons. The lowest BCUT2D eigenvalue weighted by Crippen LogP contribution is -2.37. The molecule has 0 heterocycles. The lowest BCUT2D eigenvalue weighted by Gasteiger charge is -2.22. The number of aromatic hydroxyl groups is 1. The Morgan fingerprint density at radius 1 is 0.605 bits per heavy atom. The summed E-state index contributed by atoms with van der Waals surface area (Å²) in [5, 5.41) is 15.6. The van der Waals surface area contributed by atoms with Crippen LogP contribution in [0.25, 0.3) is 0 Å². The Morgan fingerprint density at radius 3 is 1.28 bits per heavy atom. The number of amides is 4. The third-order valence-corrected chi connectivity index (χ3v) is 6.77. The Morgan fingerprint density at radius 2 is 0.953 bits per heavy atom. The summed E-state index contributed by atoms with van der Waals surface area (Å²) < 4.78 is 10.7. The molecule has 0 fully saturated rings. The lowest BCUT2D eigenvalue weighted by molar-refractivity contribution is -0.139. The van der Waals surface area contributed by atoms with Crippen LogP contribution in [0, 0.1) is 0 Å². The number of phenolic OH excluding ortho intramolecular Hbond substituents is 1. The van der Waals surface area contributed by atoms with Crippen LogP contribution in [0.5, 0.6) is 5.75 Å². The van der Waals surface area contributed by atoms with Crippen molar-refractivity contribution < 1.29 is 33.8 Å². The van der Waals surface area contributed by atoms with Crippen molar-refractivity contribution >= 4 is 23.6 Å². The lowest BCUT2D eigenvalue weighted by atomic mass is 10.1. The molecule has 0 aromatic heterocycles. The number of nitrogens with zero attached hydrogens (tertiary/aromatic N) is 2. The molecule has 0 aliphatic rings. The van der Waals surface area contributed by atoms with Crippen LogP contribution in [-0.2, 0) is 41.7 Å².